The van der Waals surface area contributed by atoms with Crippen molar-refractivity contribution >= 4 is 34.9 Å². The van der Waals surface area contributed by atoms with Crippen LogP contribution >= 0.6 is 11.6 Å². The molecular formula is C23H14ClN5O5. The summed E-state index contributed by atoms with van der Waals surface area (Å²) in [5, 5.41) is 23.6. The summed E-state index contributed by atoms with van der Waals surface area (Å²) in [6, 6.07) is 12.7. The zero-order valence-corrected chi connectivity index (χ0v) is 17.9. The van der Waals surface area contributed by atoms with E-state index in [9.17, 15) is 15.0 Å². The maximum absolute atomic E-state index is 13.0. The van der Waals surface area contributed by atoms with E-state index in [2.05, 4.69) is 20.3 Å². The molecule has 1 atom stereocenters. The van der Waals surface area contributed by atoms with Crippen molar-refractivity contribution in [2.24, 2.45) is 0 Å². The minimum atomic E-state index is -1.51. The van der Waals surface area contributed by atoms with E-state index < -0.39 is 11.6 Å². The number of phenolic OH excluding ortho intramolecular Hbond substituents is 2. The number of aromatic hydroxyl groups is 2. The van der Waals surface area contributed by atoms with E-state index in [4.69, 9.17) is 26.8 Å². The predicted octanol–water partition coefficient (Wildman–Crippen LogP) is 3.83. The number of fused-ring (bicyclic) bond motifs is 6. The summed E-state index contributed by atoms with van der Waals surface area (Å²) in [4.78, 5) is 24.9. The second-order valence-electron chi connectivity index (χ2n) is 7.66. The molecule has 3 aromatic carbocycles. The molecule has 0 aliphatic carbocycles. The van der Waals surface area contributed by atoms with Crippen LogP contribution < -0.4 is 15.8 Å². The Hall–Kier alpha value is -4.57. The molecule has 168 valence electrons. The van der Waals surface area contributed by atoms with Gasteiger partial charge in [-0.2, -0.15) is 4.98 Å². The Morgan fingerprint density at radius 1 is 1.03 bits per heavy atom. The molecule has 10 nitrogen and oxygen atoms in total. The maximum atomic E-state index is 13.0. The van der Waals surface area contributed by atoms with Crippen LogP contribution in [0.3, 0.4) is 0 Å². The molecule has 1 spiro atoms. The number of hydrogen-bond donors (Lipinski definition) is 4. The van der Waals surface area contributed by atoms with Gasteiger partial charge in [0.25, 0.3) is 0 Å². The Kier molecular flexibility index (Phi) is 4.11. The first-order chi connectivity index (χ1) is 16.4. The van der Waals surface area contributed by atoms with Crippen molar-refractivity contribution in [3.63, 3.8) is 0 Å². The summed E-state index contributed by atoms with van der Waals surface area (Å²) < 4.78 is 12.1. The number of anilines is 3. The minimum Gasteiger partial charge on any atom is -0.508 e. The number of carbonyl (C=O) groups is 1. The number of aromatic nitrogens is 3. The quantitative estimate of drug-likeness (QED) is 0.191. The van der Waals surface area contributed by atoms with Gasteiger partial charge in [-0.05, 0) is 29.8 Å². The normalized spacial score (nSPS) is 17.4. The summed E-state index contributed by atoms with van der Waals surface area (Å²) >= 11 is 5.91. The smallest absolute Gasteiger partial charge is 0.340 e. The molecule has 0 radical (unpaired) electrons. The van der Waals surface area contributed by atoms with Gasteiger partial charge in [-0.1, -0.05) is 18.2 Å². The van der Waals surface area contributed by atoms with Gasteiger partial charge in [0.15, 0.2) is 5.60 Å². The number of halogens is 1. The maximum Gasteiger partial charge on any atom is 0.340 e. The molecule has 0 saturated heterocycles. The van der Waals surface area contributed by atoms with Crippen molar-refractivity contribution in [3.8, 4) is 23.0 Å². The summed E-state index contributed by atoms with van der Waals surface area (Å²) in [6.07, 6.45) is 1.21. The Labute approximate surface area is 196 Å². The average molecular weight is 476 g/mol. The highest BCUT2D eigenvalue weighted by atomic mass is 35.5. The molecule has 6 rings (SSSR count). The van der Waals surface area contributed by atoms with E-state index >= 15 is 0 Å². The van der Waals surface area contributed by atoms with Gasteiger partial charge in [0.1, 0.15) is 29.3 Å². The van der Waals surface area contributed by atoms with Crippen LogP contribution in [0.2, 0.25) is 5.28 Å². The number of carbonyl (C=O) groups excluding carboxylic acids is 1. The standard InChI is InChI=1S/C23H14ClN5O5/c24-21-26-9-27-22(29-21)28-19-17-16(8-14(31)18(19)25)33-15-7-10(30)5-6-13(15)23(17)12-4-2-1-3-11(12)20(32)34-23/h1-9,30-31H,25H2,(H,26,27,28,29). The largest absolute Gasteiger partial charge is 0.508 e. The Bertz CT molecular complexity index is 1530. The molecule has 5 N–H and O–H groups in total. The van der Waals surface area contributed by atoms with Gasteiger partial charge in [-0.25, -0.2) is 14.8 Å². The zero-order chi connectivity index (χ0) is 23.6. The fourth-order valence-electron chi connectivity index (χ4n) is 4.41. The molecule has 0 saturated carbocycles. The molecule has 2 aliphatic heterocycles. The van der Waals surface area contributed by atoms with Crippen LogP contribution in [0.4, 0.5) is 17.3 Å². The average Bonchev–Trinajstić information content (AvgIpc) is 3.10. The van der Waals surface area contributed by atoms with Crippen LogP contribution in [0.25, 0.3) is 0 Å². The second kappa shape index (κ2) is 6.96. The number of nitrogens with one attached hydrogen (secondary N) is 1. The second-order valence-corrected chi connectivity index (χ2v) is 8.00. The lowest BCUT2D eigenvalue weighted by molar-refractivity contribution is 0.0227. The van der Waals surface area contributed by atoms with E-state index in [1.165, 1.54) is 24.5 Å². The molecule has 0 amide bonds. The lowest BCUT2D eigenvalue weighted by Crippen LogP contribution is -2.34. The van der Waals surface area contributed by atoms with Gasteiger partial charge in [0.05, 0.1) is 22.5 Å². The lowest BCUT2D eigenvalue weighted by atomic mass is 9.76. The number of ether oxygens (including phenoxy) is 2. The SMILES string of the molecule is Nc1c(O)cc2c(c1Nc1ncnc(Cl)n1)C1(OC(=O)c3ccccc31)c1ccc(O)cc1O2. The van der Waals surface area contributed by atoms with Crippen LogP contribution in [-0.4, -0.2) is 31.1 Å². The van der Waals surface area contributed by atoms with E-state index in [0.717, 1.165) is 0 Å². The lowest BCUT2D eigenvalue weighted by Gasteiger charge is -2.38. The highest BCUT2D eigenvalue weighted by Gasteiger charge is 2.55. The first-order valence-corrected chi connectivity index (χ1v) is 10.4. The first-order valence-electron chi connectivity index (χ1n) is 10.00. The van der Waals surface area contributed by atoms with Crippen LogP contribution in [-0.2, 0) is 10.3 Å². The molecule has 34 heavy (non-hydrogen) atoms. The molecule has 4 aromatic rings. The number of nitrogen functional groups attached to an aromatic ring is 1. The van der Waals surface area contributed by atoms with Crippen LogP contribution in [0.15, 0.2) is 54.9 Å². The van der Waals surface area contributed by atoms with Crippen molar-refractivity contribution in [2.45, 2.75) is 5.60 Å². The van der Waals surface area contributed by atoms with Crippen molar-refractivity contribution in [3.05, 3.63) is 82.4 Å². The summed E-state index contributed by atoms with van der Waals surface area (Å²) in [6.45, 7) is 0. The van der Waals surface area contributed by atoms with E-state index in [1.54, 1.807) is 30.3 Å². The monoisotopic (exact) mass is 475 g/mol. The number of esters is 1. The Morgan fingerprint density at radius 3 is 2.68 bits per heavy atom. The molecule has 3 heterocycles. The van der Waals surface area contributed by atoms with Crippen molar-refractivity contribution in [1.29, 1.82) is 0 Å². The number of hydrogen-bond acceptors (Lipinski definition) is 10. The van der Waals surface area contributed by atoms with Gasteiger partial charge < -0.3 is 30.7 Å². The number of rotatable bonds is 2. The number of nitrogens with zero attached hydrogens (tertiary/aromatic N) is 3. The third kappa shape index (κ3) is 2.69. The minimum absolute atomic E-state index is 0.0451. The van der Waals surface area contributed by atoms with Crippen LogP contribution in [0.5, 0.6) is 23.0 Å². The van der Waals surface area contributed by atoms with E-state index in [-0.39, 0.29) is 45.6 Å². The topological polar surface area (TPSA) is 153 Å². The van der Waals surface area contributed by atoms with Crippen LogP contribution in [0, 0.1) is 0 Å². The van der Waals surface area contributed by atoms with Crippen LogP contribution in [0.1, 0.15) is 27.0 Å². The summed E-state index contributed by atoms with van der Waals surface area (Å²) in [5.74, 6) is -0.454. The van der Waals surface area contributed by atoms with Crippen molar-refractivity contribution in [1.82, 2.24) is 15.0 Å². The summed E-state index contributed by atoms with van der Waals surface area (Å²) in [7, 11) is 0. The Balaban J connectivity index is 1.71. The fourth-order valence-corrected chi connectivity index (χ4v) is 4.53. The number of benzene rings is 3. The van der Waals surface area contributed by atoms with Gasteiger partial charge in [0.2, 0.25) is 11.2 Å². The van der Waals surface area contributed by atoms with Gasteiger partial charge in [0, 0.05) is 23.3 Å². The molecular weight excluding hydrogens is 462 g/mol. The van der Waals surface area contributed by atoms with Crippen molar-refractivity contribution in [2.75, 3.05) is 11.1 Å². The highest BCUT2D eigenvalue weighted by Crippen LogP contribution is 2.60. The molecule has 0 bridgehead atoms. The van der Waals surface area contributed by atoms with Crippen molar-refractivity contribution < 1.29 is 24.5 Å². The van der Waals surface area contributed by atoms with Gasteiger partial charge >= 0.3 is 5.97 Å². The highest BCUT2D eigenvalue weighted by molar-refractivity contribution is 6.28. The van der Waals surface area contributed by atoms with E-state index in [0.29, 0.717) is 22.3 Å². The molecule has 2 aliphatic rings. The fraction of sp³-hybridized carbons (Fsp3) is 0.0435. The van der Waals surface area contributed by atoms with E-state index in [1.807, 2.05) is 0 Å². The molecule has 1 aromatic heterocycles. The molecule has 0 fully saturated rings. The number of phenols is 2. The first kappa shape index (κ1) is 20.1. The molecule has 11 heteroatoms. The van der Waals surface area contributed by atoms with Gasteiger partial charge in [-0.15, -0.1) is 0 Å². The molecule has 1 unspecified atom stereocenters. The summed E-state index contributed by atoms with van der Waals surface area (Å²) in [5.41, 5.74) is 6.55. The third-order valence-electron chi connectivity index (χ3n) is 5.78. The van der Waals surface area contributed by atoms with Gasteiger partial charge in [-0.3, -0.25) is 0 Å². The predicted molar refractivity (Wildman–Crippen MR) is 121 cm³/mol. The third-order valence-corrected chi connectivity index (χ3v) is 5.96. The zero-order valence-electron chi connectivity index (χ0n) is 17.1. The Morgan fingerprint density at radius 2 is 1.85 bits per heavy atom. The number of nitrogens with two attached hydrogens (primary N) is 1.